The van der Waals surface area contributed by atoms with Crippen molar-refractivity contribution in [2.24, 2.45) is 0 Å². The van der Waals surface area contributed by atoms with E-state index >= 15 is 0 Å². The van der Waals surface area contributed by atoms with Crippen molar-refractivity contribution in [1.29, 1.82) is 0 Å². The molecule has 3 heteroatoms. The molecule has 0 saturated heterocycles. The molecule has 0 amide bonds. The van der Waals surface area contributed by atoms with Gasteiger partial charge in [-0.05, 0) is 76.0 Å². The van der Waals surface area contributed by atoms with Crippen molar-refractivity contribution in [2.45, 2.75) is 20.5 Å². The fourth-order valence-electron chi connectivity index (χ4n) is 5.30. The fourth-order valence-corrected chi connectivity index (χ4v) is 5.30. The molecule has 33 heavy (non-hydrogen) atoms. The topological polar surface area (TPSA) is 27.7 Å². The lowest BCUT2D eigenvalue weighted by Crippen LogP contribution is -1.95. The molecule has 2 heterocycles. The molecule has 0 saturated carbocycles. The summed E-state index contributed by atoms with van der Waals surface area (Å²) < 4.78 is 17.9. The largest absolute Gasteiger partial charge is 0.488 e. The average Bonchev–Trinajstić information content (AvgIpc) is 3.24. The Labute approximate surface area is 192 Å². The zero-order chi connectivity index (χ0) is 22.1. The average molecular weight is 431 g/mol. The van der Waals surface area contributed by atoms with Crippen molar-refractivity contribution in [3.63, 3.8) is 0 Å². The van der Waals surface area contributed by atoms with Crippen molar-refractivity contribution < 1.29 is 14.2 Å². The first-order valence-electron chi connectivity index (χ1n) is 11.3. The van der Waals surface area contributed by atoms with Gasteiger partial charge in [-0.1, -0.05) is 54.6 Å². The summed E-state index contributed by atoms with van der Waals surface area (Å²) in [6, 6.07) is 26.0. The van der Waals surface area contributed by atoms with Crippen LogP contribution in [0.4, 0.5) is 0 Å². The molecule has 0 N–H and O–H groups in total. The zero-order valence-corrected chi connectivity index (χ0v) is 18.6. The summed E-state index contributed by atoms with van der Waals surface area (Å²) in [5.41, 5.74) is 8.47. The summed E-state index contributed by atoms with van der Waals surface area (Å²) in [6.07, 6.45) is 0. The van der Waals surface area contributed by atoms with Crippen LogP contribution in [-0.2, 0) is 6.61 Å². The fraction of sp³-hybridized carbons (Fsp3) is 0.133. The number of ether oxygens (including phenoxy) is 3. The smallest absolute Gasteiger partial charge is 0.231 e. The van der Waals surface area contributed by atoms with Crippen LogP contribution >= 0.6 is 0 Å². The van der Waals surface area contributed by atoms with E-state index in [0.717, 1.165) is 33.8 Å². The van der Waals surface area contributed by atoms with Crippen LogP contribution in [0.5, 0.6) is 17.2 Å². The molecular formula is C30H22O3. The third-order valence-electron chi connectivity index (χ3n) is 7.03. The molecule has 2 aliphatic heterocycles. The van der Waals surface area contributed by atoms with E-state index in [0.29, 0.717) is 6.61 Å². The summed E-state index contributed by atoms with van der Waals surface area (Å²) in [5.74, 6) is 2.49. The second-order valence-electron chi connectivity index (χ2n) is 8.93. The van der Waals surface area contributed by atoms with Gasteiger partial charge >= 0.3 is 0 Å². The molecule has 0 fully saturated rings. The van der Waals surface area contributed by atoms with E-state index in [9.17, 15) is 0 Å². The molecule has 0 atom stereocenters. The van der Waals surface area contributed by atoms with E-state index in [4.69, 9.17) is 14.2 Å². The van der Waals surface area contributed by atoms with Crippen LogP contribution < -0.4 is 14.2 Å². The van der Waals surface area contributed by atoms with E-state index in [-0.39, 0.29) is 6.79 Å². The Balaban J connectivity index is 1.75. The van der Waals surface area contributed by atoms with Crippen molar-refractivity contribution >= 4 is 21.5 Å². The minimum Gasteiger partial charge on any atom is -0.488 e. The Morgan fingerprint density at radius 1 is 0.606 bits per heavy atom. The van der Waals surface area contributed by atoms with Crippen LogP contribution in [-0.4, -0.2) is 6.79 Å². The normalized spacial score (nSPS) is 13.6. The van der Waals surface area contributed by atoms with Gasteiger partial charge in [0.2, 0.25) is 6.79 Å². The van der Waals surface area contributed by atoms with E-state index in [2.05, 4.69) is 86.6 Å². The van der Waals surface area contributed by atoms with Crippen LogP contribution in [0, 0.1) is 13.8 Å². The van der Waals surface area contributed by atoms with Crippen molar-refractivity contribution in [2.75, 3.05) is 6.79 Å². The maximum absolute atomic E-state index is 6.40. The second-order valence-corrected chi connectivity index (χ2v) is 8.93. The van der Waals surface area contributed by atoms with Crippen molar-refractivity contribution in [3.8, 4) is 39.5 Å². The Morgan fingerprint density at radius 2 is 1.36 bits per heavy atom. The van der Waals surface area contributed by atoms with E-state index in [1.165, 1.54) is 44.0 Å². The third-order valence-corrected chi connectivity index (χ3v) is 7.03. The van der Waals surface area contributed by atoms with Gasteiger partial charge in [-0.2, -0.15) is 0 Å². The lowest BCUT2D eigenvalue weighted by Gasteiger charge is -2.20. The Bertz CT molecular complexity index is 1600. The van der Waals surface area contributed by atoms with Crippen LogP contribution in [0.15, 0.2) is 72.8 Å². The summed E-state index contributed by atoms with van der Waals surface area (Å²) in [4.78, 5) is 0. The highest BCUT2D eigenvalue weighted by Crippen LogP contribution is 2.52. The lowest BCUT2D eigenvalue weighted by atomic mass is 9.82. The molecule has 0 aromatic heterocycles. The first kappa shape index (κ1) is 18.6. The molecular weight excluding hydrogens is 408 g/mol. The molecule has 160 valence electrons. The van der Waals surface area contributed by atoms with Gasteiger partial charge < -0.3 is 14.2 Å². The monoisotopic (exact) mass is 430 g/mol. The van der Waals surface area contributed by atoms with Crippen molar-refractivity contribution in [1.82, 2.24) is 0 Å². The number of fused-ring (bicyclic) bond motifs is 5. The summed E-state index contributed by atoms with van der Waals surface area (Å²) in [6.45, 7) is 5.12. The third kappa shape index (κ3) is 2.62. The van der Waals surface area contributed by atoms with E-state index in [1.54, 1.807) is 0 Å². The highest BCUT2D eigenvalue weighted by Gasteiger charge is 2.27. The van der Waals surface area contributed by atoms with Crippen LogP contribution in [0.2, 0.25) is 0 Å². The molecule has 3 nitrogen and oxygen atoms in total. The summed E-state index contributed by atoms with van der Waals surface area (Å²) in [5, 5.41) is 4.88. The maximum Gasteiger partial charge on any atom is 0.231 e. The number of rotatable bonds is 1. The number of hydrogen-bond acceptors (Lipinski definition) is 3. The molecule has 0 radical (unpaired) electrons. The zero-order valence-electron chi connectivity index (χ0n) is 18.6. The van der Waals surface area contributed by atoms with Gasteiger partial charge in [0.25, 0.3) is 0 Å². The minimum absolute atomic E-state index is 0.257. The molecule has 0 spiro atoms. The van der Waals surface area contributed by atoms with Gasteiger partial charge in [0, 0.05) is 16.5 Å². The SMILES string of the molecule is Cc1cc2c(-c3ccccc3)c3c4c(cccc4c2cc1C)OCc1cc2c(cc1-3)OCO2. The van der Waals surface area contributed by atoms with E-state index in [1.807, 2.05) is 0 Å². The minimum atomic E-state index is 0.257. The molecule has 0 bridgehead atoms. The Kier molecular flexibility index (Phi) is 3.80. The molecule has 0 aliphatic carbocycles. The first-order valence-corrected chi connectivity index (χ1v) is 11.3. The van der Waals surface area contributed by atoms with Gasteiger partial charge in [0.1, 0.15) is 12.4 Å². The number of benzene rings is 5. The Morgan fingerprint density at radius 3 is 2.18 bits per heavy atom. The quantitative estimate of drug-likeness (QED) is 0.257. The molecule has 0 unspecified atom stereocenters. The van der Waals surface area contributed by atoms with Gasteiger partial charge in [-0.3, -0.25) is 0 Å². The van der Waals surface area contributed by atoms with Gasteiger partial charge in [-0.25, -0.2) is 0 Å². The predicted molar refractivity (Wildman–Crippen MR) is 132 cm³/mol. The lowest BCUT2D eigenvalue weighted by molar-refractivity contribution is 0.174. The van der Waals surface area contributed by atoms with Gasteiger partial charge in [0.05, 0.1) is 0 Å². The second kappa shape index (κ2) is 6.76. The predicted octanol–water partition coefficient (Wildman–Crippen LogP) is 7.56. The first-order chi connectivity index (χ1) is 16.2. The highest BCUT2D eigenvalue weighted by atomic mass is 16.7. The van der Waals surface area contributed by atoms with Gasteiger partial charge in [0.15, 0.2) is 11.5 Å². The van der Waals surface area contributed by atoms with Crippen molar-refractivity contribution in [3.05, 3.63) is 89.5 Å². The molecule has 5 aromatic carbocycles. The van der Waals surface area contributed by atoms with Crippen LogP contribution in [0.3, 0.4) is 0 Å². The Hall–Kier alpha value is -3.98. The van der Waals surface area contributed by atoms with Crippen LogP contribution in [0.1, 0.15) is 16.7 Å². The number of hydrogen-bond donors (Lipinski definition) is 0. The number of aryl methyl sites for hydroxylation is 2. The van der Waals surface area contributed by atoms with E-state index < -0.39 is 0 Å². The molecule has 2 aliphatic rings. The van der Waals surface area contributed by atoms with Crippen LogP contribution in [0.25, 0.3) is 43.8 Å². The highest BCUT2D eigenvalue weighted by molar-refractivity contribution is 6.23. The summed E-state index contributed by atoms with van der Waals surface area (Å²) in [7, 11) is 0. The molecule has 5 aromatic rings. The van der Waals surface area contributed by atoms with Gasteiger partial charge in [-0.15, -0.1) is 0 Å². The summed E-state index contributed by atoms with van der Waals surface area (Å²) >= 11 is 0. The maximum atomic E-state index is 6.40. The standard InChI is InChI=1S/C30H22O3/c1-17-11-23-21-9-6-10-25-29(21)30(22-14-27-26(32-16-33-27)13-20(22)15-31-25)28(24(23)12-18(17)2)19-7-4-3-5-8-19/h3-14H,15-16H2,1-2H3. The molecule has 7 rings (SSSR count).